The Bertz CT molecular complexity index is 969. The lowest BCUT2D eigenvalue weighted by Crippen LogP contribution is -2.24. The molecule has 0 bridgehead atoms. The van der Waals surface area contributed by atoms with E-state index >= 15 is 0 Å². The Hall–Kier alpha value is -2.58. The van der Waals surface area contributed by atoms with Gasteiger partial charge in [0.2, 0.25) is 21.8 Å². The molecule has 0 amide bonds. The Morgan fingerprint density at radius 3 is 2.52 bits per heavy atom. The van der Waals surface area contributed by atoms with Gasteiger partial charge in [-0.15, -0.1) is 10.2 Å². The van der Waals surface area contributed by atoms with E-state index in [0.717, 1.165) is 11.1 Å². The van der Waals surface area contributed by atoms with Crippen LogP contribution in [0.15, 0.2) is 52.9 Å². The maximum Gasteiger partial charge on any atom is 0.248 e. The summed E-state index contributed by atoms with van der Waals surface area (Å²) in [5.74, 6) is -0.165. The Labute approximate surface area is 144 Å². The highest BCUT2D eigenvalue weighted by atomic mass is 32.2. The van der Waals surface area contributed by atoms with Gasteiger partial charge < -0.3 is 4.42 Å². The van der Waals surface area contributed by atoms with Gasteiger partial charge in [0.15, 0.2) is 0 Å². The number of aryl methyl sites for hydroxylation is 1. The van der Waals surface area contributed by atoms with Crippen LogP contribution >= 0.6 is 0 Å². The first-order valence-corrected chi connectivity index (χ1v) is 9.18. The number of hydrogen-bond acceptors (Lipinski definition) is 5. The molecule has 0 aliphatic heterocycles. The molecule has 1 aromatic heterocycles. The minimum absolute atomic E-state index is 0.109. The Morgan fingerprint density at radius 1 is 1.08 bits per heavy atom. The molecule has 2 aromatic carbocycles. The first-order valence-electron chi connectivity index (χ1n) is 7.53. The van der Waals surface area contributed by atoms with E-state index in [2.05, 4.69) is 14.9 Å². The number of sulfonamides is 1. The summed E-state index contributed by atoms with van der Waals surface area (Å²) in [7, 11) is -3.61. The normalized spacial score (nSPS) is 11.6. The summed E-state index contributed by atoms with van der Waals surface area (Å²) in [6.07, 6.45) is 0. The van der Waals surface area contributed by atoms with E-state index in [9.17, 15) is 12.8 Å². The predicted molar refractivity (Wildman–Crippen MR) is 90.3 cm³/mol. The van der Waals surface area contributed by atoms with Crippen molar-refractivity contribution in [1.29, 1.82) is 0 Å². The van der Waals surface area contributed by atoms with Crippen LogP contribution in [0.2, 0.25) is 0 Å². The summed E-state index contributed by atoms with van der Waals surface area (Å²) in [6, 6.07) is 12.8. The monoisotopic (exact) mass is 361 g/mol. The van der Waals surface area contributed by atoms with Crippen molar-refractivity contribution >= 4 is 10.0 Å². The smallest absolute Gasteiger partial charge is 0.248 e. The van der Waals surface area contributed by atoms with Gasteiger partial charge in [-0.3, -0.25) is 0 Å². The summed E-state index contributed by atoms with van der Waals surface area (Å²) < 4.78 is 45.0. The van der Waals surface area contributed by atoms with Crippen LogP contribution in [0.5, 0.6) is 0 Å². The minimum Gasteiger partial charge on any atom is -0.419 e. The molecule has 6 nitrogen and oxygen atoms in total. The number of aromatic nitrogens is 2. The summed E-state index contributed by atoms with van der Waals surface area (Å²) >= 11 is 0. The van der Waals surface area contributed by atoms with E-state index in [-0.39, 0.29) is 18.2 Å². The largest absolute Gasteiger partial charge is 0.419 e. The number of nitrogens with one attached hydrogen (secondary N) is 1. The molecule has 25 heavy (non-hydrogen) atoms. The third kappa shape index (κ3) is 4.49. The van der Waals surface area contributed by atoms with E-state index < -0.39 is 15.8 Å². The average molecular weight is 361 g/mol. The first kappa shape index (κ1) is 17.2. The maximum absolute atomic E-state index is 12.9. The molecule has 8 heteroatoms. The quantitative estimate of drug-likeness (QED) is 0.730. The SMILES string of the molecule is Cc1ccccc1-c1nnc(CNS(=O)(=O)Cc2ccc(F)cc2)o1. The minimum atomic E-state index is -3.61. The van der Waals surface area contributed by atoms with E-state index in [1.807, 2.05) is 31.2 Å². The van der Waals surface area contributed by atoms with Crippen LogP contribution in [0.3, 0.4) is 0 Å². The second kappa shape index (κ2) is 7.12. The topological polar surface area (TPSA) is 85.1 Å². The number of hydrogen-bond donors (Lipinski definition) is 1. The van der Waals surface area contributed by atoms with Crippen LogP contribution in [0.25, 0.3) is 11.5 Å². The highest BCUT2D eigenvalue weighted by Crippen LogP contribution is 2.21. The highest BCUT2D eigenvalue weighted by molar-refractivity contribution is 7.88. The van der Waals surface area contributed by atoms with Crippen LogP contribution in [-0.4, -0.2) is 18.6 Å². The maximum atomic E-state index is 12.9. The van der Waals surface area contributed by atoms with Gasteiger partial charge in [0.05, 0.1) is 12.3 Å². The highest BCUT2D eigenvalue weighted by Gasteiger charge is 2.15. The van der Waals surface area contributed by atoms with Gasteiger partial charge in [-0.05, 0) is 36.2 Å². The second-order valence-corrected chi connectivity index (χ2v) is 7.33. The van der Waals surface area contributed by atoms with Crippen molar-refractivity contribution in [2.24, 2.45) is 0 Å². The molecule has 3 aromatic rings. The molecule has 0 fully saturated rings. The Morgan fingerprint density at radius 2 is 1.80 bits per heavy atom. The van der Waals surface area contributed by atoms with Gasteiger partial charge in [0.25, 0.3) is 0 Å². The van der Waals surface area contributed by atoms with E-state index in [1.54, 1.807) is 0 Å². The zero-order valence-corrected chi connectivity index (χ0v) is 14.3. The number of nitrogens with zero attached hydrogens (tertiary/aromatic N) is 2. The number of halogens is 1. The fourth-order valence-electron chi connectivity index (χ4n) is 2.27. The number of benzene rings is 2. The summed E-state index contributed by atoms with van der Waals surface area (Å²) in [6.45, 7) is 1.81. The van der Waals surface area contributed by atoms with E-state index in [4.69, 9.17) is 4.42 Å². The van der Waals surface area contributed by atoms with Crippen molar-refractivity contribution in [3.8, 4) is 11.5 Å². The molecule has 0 aliphatic carbocycles. The zero-order chi connectivity index (χ0) is 17.9. The van der Waals surface area contributed by atoms with E-state index in [1.165, 1.54) is 24.3 Å². The molecular formula is C17H16FN3O3S. The molecule has 0 spiro atoms. The molecule has 1 heterocycles. The molecule has 0 aliphatic rings. The first-order chi connectivity index (χ1) is 11.9. The molecule has 3 rings (SSSR count). The fourth-order valence-corrected chi connectivity index (χ4v) is 3.35. The van der Waals surface area contributed by atoms with Crippen LogP contribution in [-0.2, 0) is 22.3 Å². The molecule has 0 saturated heterocycles. The van der Waals surface area contributed by atoms with Crippen LogP contribution < -0.4 is 4.72 Å². The predicted octanol–water partition coefficient (Wildman–Crippen LogP) is 2.80. The lowest BCUT2D eigenvalue weighted by atomic mass is 10.1. The van der Waals surface area contributed by atoms with Gasteiger partial charge in [0, 0.05) is 5.56 Å². The molecule has 1 N–H and O–H groups in total. The van der Waals surface area contributed by atoms with Crippen molar-refractivity contribution in [2.45, 2.75) is 19.2 Å². The molecule has 0 atom stereocenters. The molecule has 0 saturated carbocycles. The van der Waals surface area contributed by atoms with Crippen LogP contribution in [0.1, 0.15) is 17.0 Å². The van der Waals surface area contributed by atoms with Gasteiger partial charge in [0.1, 0.15) is 5.82 Å². The summed E-state index contributed by atoms with van der Waals surface area (Å²) in [5.41, 5.74) is 2.27. The zero-order valence-electron chi connectivity index (χ0n) is 13.4. The van der Waals surface area contributed by atoms with Crippen molar-refractivity contribution in [1.82, 2.24) is 14.9 Å². The fraction of sp³-hybridized carbons (Fsp3) is 0.176. The van der Waals surface area contributed by atoms with Crippen molar-refractivity contribution in [3.63, 3.8) is 0 Å². The number of rotatable bonds is 6. The van der Waals surface area contributed by atoms with Crippen LogP contribution in [0.4, 0.5) is 4.39 Å². The van der Waals surface area contributed by atoms with Gasteiger partial charge >= 0.3 is 0 Å². The van der Waals surface area contributed by atoms with Crippen molar-refractivity contribution in [2.75, 3.05) is 0 Å². The van der Waals surface area contributed by atoms with Crippen molar-refractivity contribution in [3.05, 3.63) is 71.4 Å². The van der Waals surface area contributed by atoms with E-state index in [0.29, 0.717) is 11.5 Å². The lowest BCUT2D eigenvalue weighted by Gasteiger charge is -2.05. The Kier molecular flexibility index (Phi) is 4.91. The average Bonchev–Trinajstić information content (AvgIpc) is 3.04. The second-order valence-electron chi connectivity index (χ2n) is 5.52. The molecule has 0 radical (unpaired) electrons. The molecule has 0 unspecified atom stereocenters. The third-order valence-electron chi connectivity index (χ3n) is 3.56. The lowest BCUT2D eigenvalue weighted by molar-refractivity contribution is 0.494. The van der Waals surface area contributed by atoms with Gasteiger partial charge in [-0.2, -0.15) is 0 Å². The summed E-state index contributed by atoms with van der Waals surface area (Å²) in [4.78, 5) is 0. The van der Waals surface area contributed by atoms with Gasteiger partial charge in [-0.1, -0.05) is 30.3 Å². The molecule has 130 valence electrons. The van der Waals surface area contributed by atoms with Gasteiger partial charge in [-0.25, -0.2) is 17.5 Å². The third-order valence-corrected chi connectivity index (χ3v) is 4.85. The summed E-state index contributed by atoms with van der Waals surface area (Å²) in [5, 5.41) is 7.81. The standard InChI is InChI=1S/C17H16FN3O3S/c1-12-4-2-3-5-15(12)17-21-20-16(24-17)10-19-25(22,23)11-13-6-8-14(18)9-7-13/h2-9,19H,10-11H2,1H3. The van der Waals surface area contributed by atoms with Crippen molar-refractivity contribution < 1.29 is 17.2 Å². The van der Waals surface area contributed by atoms with Crippen LogP contribution in [0, 0.1) is 12.7 Å². The Balaban J connectivity index is 1.65. The molecular weight excluding hydrogens is 345 g/mol.